The van der Waals surface area contributed by atoms with Gasteiger partial charge in [-0.3, -0.25) is 4.79 Å². The van der Waals surface area contributed by atoms with Crippen molar-refractivity contribution in [3.63, 3.8) is 0 Å². The van der Waals surface area contributed by atoms with Crippen molar-refractivity contribution < 1.29 is 22.7 Å². The molecule has 0 aromatic heterocycles. The van der Waals surface area contributed by atoms with Gasteiger partial charge < -0.3 is 14.4 Å². The molecule has 1 aromatic carbocycles. The lowest BCUT2D eigenvalue weighted by molar-refractivity contribution is -0.165. The number of sulfonamides is 1. The van der Waals surface area contributed by atoms with E-state index in [0.29, 0.717) is 37.6 Å². The number of hydrogen-bond acceptors (Lipinski definition) is 5. The highest BCUT2D eigenvalue weighted by Gasteiger charge is 2.48. The monoisotopic (exact) mass is 368 g/mol. The number of rotatable bonds is 5. The van der Waals surface area contributed by atoms with Gasteiger partial charge in [-0.2, -0.15) is 0 Å². The largest absolute Gasteiger partial charge is 0.497 e. The second-order valence-corrected chi connectivity index (χ2v) is 8.75. The predicted molar refractivity (Wildman–Crippen MR) is 93.2 cm³/mol. The Labute approximate surface area is 148 Å². The van der Waals surface area contributed by atoms with Crippen LogP contribution in [-0.4, -0.2) is 64.4 Å². The maximum atomic E-state index is 12.5. The lowest BCUT2D eigenvalue weighted by Gasteiger charge is -2.52. The first kappa shape index (κ1) is 18.2. The van der Waals surface area contributed by atoms with Crippen molar-refractivity contribution in [2.45, 2.75) is 18.4 Å². The minimum Gasteiger partial charge on any atom is -0.497 e. The highest BCUT2D eigenvalue weighted by atomic mass is 32.2. The van der Waals surface area contributed by atoms with Crippen molar-refractivity contribution in [1.82, 2.24) is 9.62 Å². The summed E-state index contributed by atoms with van der Waals surface area (Å²) in [7, 11) is -1.59. The van der Waals surface area contributed by atoms with E-state index in [-0.39, 0.29) is 17.4 Å². The highest BCUT2D eigenvalue weighted by Crippen LogP contribution is 2.36. The van der Waals surface area contributed by atoms with Crippen LogP contribution < -0.4 is 9.46 Å². The van der Waals surface area contributed by atoms with Gasteiger partial charge >= 0.3 is 0 Å². The maximum Gasteiger partial charge on any atom is 0.254 e. The molecule has 2 aliphatic heterocycles. The van der Waals surface area contributed by atoms with E-state index >= 15 is 0 Å². The SMILES string of the molecule is COc1cccc(C(=O)N2CC3(CC[C@H](CNS(C)(=O)=O)CO3)C2)c1. The van der Waals surface area contributed by atoms with Gasteiger partial charge in [-0.05, 0) is 37.0 Å². The third-order valence-corrected chi connectivity index (χ3v) is 5.52. The number of nitrogens with one attached hydrogen (secondary N) is 1. The first-order valence-corrected chi connectivity index (χ1v) is 10.2. The Morgan fingerprint density at radius 1 is 1.44 bits per heavy atom. The van der Waals surface area contributed by atoms with Gasteiger partial charge in [0.1, 0.15) is 11.4 Å². The molecular weight excluding hydrogens is 344 g/mol. The predicted octanol–water partition coefficient (Wildman–Crippen LogP) is 0.866. The van der Waals surface area contributed by atoms with E-state index in [1.165, 1.54) is 0 Å². The van der Waals surface area contributed by atoms with E-state index < -0.39 is 10.0 Å². The maximum absolute atomic E-state index is 12.5. The molecule has 1 atom stereocenters. The van der Waals surface area contributed by atoms with Crippen LogP contribution in [0.5, 0.6) is 5.75 Å². The first-order valence-electron chi connectivity index (χ1n) is 8.32. The van der Waals surface area contributed by atoms with Gasteiger partial charge in [-0.15, -0.1) is 0 Å². The summed E-state index contributed by atoms with van der Waals surface area (Å²) in [6, 6.07) is 7.13. The van der Waals surface area contributed by atoms with Crippen LogP contribution in [0.4, 0.5) is 0 Å². The fourth-order valence-corrected chi connectivity index (χ4v) is 3.87. The number of hydrogen-bond donors (Lipinski definition) is 1. The molecule has 1 N–H and O–H groups in total. The molecule has 0 radical (unpaired) electrons. The molecule has 0 unspecified atom stereocenters. The number of benzene rings is 1. The molecule has 3 rings (SSSR count). The molecule has 2 heterocycles. The van der Waals surface area contributed by atoms with Gasteiger partial charge in [0.15, 0.2) is 0 Å². The third kappa shape index (κ3) is 4.31. The number of nitrogens with zero attached hydrogens (tertiary/aromatic N) is 1. The molecule has 8 heteroatoms. The molecule has 1 spiro atoms. The van der Waals surface area contributed by atoms with Gasteiger partial charge in [0.25, 0.3) is 5.91 Å². The van der Waals surface area contributed by atoms with Gasteiger partial charge in [0.2, 0.25) is 10.0 Å². The van der Waals surface area contributed by atoms with Crippen molar-refractivity contribution in [3.8, 4) is 5.75 Å². The summed E-state index contributed by atoms with van der Waals surface area (Å²) >= 11 is 0. The summed E-state index contributed by atoms with van der Waals surface area (Å²) in [5.41, 5.74) is 0.344. The minimum atomic E-state index is -3.17. The Bertz CT molecular complexity index is 733. The average molecular weight is 368 g/mol. The molecule has 2 fully saturated rings. The average Bonchev–Trinajstić information content (AvgIpc) is 2.57. The molecule has 1 amide bonds. The quantitative estimate of drug-likeness (QED) is 0.833. The molecule has 2 saturated heterocycles. The second-order valence-electron chi connectivity index (χ2n) is 6.91. The summed E-state index contributed by atoms with van der Waals surface area (Å²) in [5, 5.41) is 0. The van der Waals surface area contributed by atoms with Crippen LogP contribution in [0.2, 0.25) is 0 Å². The Balaban J connectivity index is 1.50. The third-order valence-electron chi connectivity index (χ3n) is 4.83. The van der Waals surface area contributed by atoms with Crippen molar-refractivity contribution in [2.75, 3.05) is 39.6 Å². The number of likely N-dealkylation sites (tertiary alicyclic amines) is 1. The summed E-state index contributed by atoms with van der Waals surface area (Å²) in [5.74, 6) is 0.827. The van der Waals surface area contributed by atoms with Crippen LogP contribution in [-0.2, 0) is 14.8 Å². The van der Waals surface area contributed by atoms with Crippen LogP contribution >= 0.6 is 0 Å². The zero-order valence-electron chi connectivity index (χ0n) is 14.5. The summed E-state index contributed by atoms with van der Waals surface area (Å²) in [4.78, 5) is 14.3. The van der Waals surface area contributed by atoms with Gasteiger partial charge in [0, 0.05) is 12.1 Å². The molecule has 0 saturated carbocycles. The summed E-state index contributed by atoms with van der Waals surface area (Å²) in [6.45, 7) is 2.08. The van der Waals surface area contributed by atoms with Gasteiger partial charge in [-0.1, -0.05) is 6.07 Å². The van der Waals surface area contributed by atoms with Crippen molar-refractivity contribution in [2.24, 2.45) is 5.92 Å². The van der Waals surface area contributed by atoms with Gasteiger partial charge in [0.05, 0.1) is 33.1 Å². The lowest BCUT2D eigenvalue weighted by atomic mass is 9.82. The van der Waals surface area contributed by atoms with Crippen molar-refractivity contribution in [3.05, 3.63) is 29.8 Å². The van der Waals surface area contributed by atoms with Crippen molar-refractivity contribution >= 4 is 15.9 Å². The standard InChI is InChI=1S/C17H24N2O5S/c1-23-15-5-3-4-14(8-15)16(20)19-11-17(12-19)7-6-13(10-24-17)9-18-25(2,21)22/h3-5,8,13,18H,6-7,9-12H2,1-2H3/t13-/m1/s1. The van der Waals surface area contributed by atoms with E-state index in [4.69, 9.17) is 9.47 Å². The fourth-order valence-electron chi connectivity index (χ4n) is 3.33. The Kier molecular flexibility index (Phi) is 5.04. The molecule has 25 heavy (non-hydrogen) atoms. The number of carbonyl (C=O) groups is 1. The van der Waals surface area contributed by atoms with E-state index in [1.807, 2.05) is 6.07 Å². The van der Waals surface area contributed by atoms with Crippen LogP contribution in [0.1, 0.15) is 23.2 Å². The number of amides is 1. The van der Waals surface area contributed by atoms with Crippen LogP contribution in [0.3, 0.4) is 0 Å². The topological polar surface area (TPSA) is 84.9 Å². The Morgan fingerprint density at radius 3 is 2.80 bits per heavy atom. The van der Waals surface area contributed by atoms with Crippen molar-refractivity contribution in [1.29, 1.82) is 0 Å². The van der Waals surface area contributed by atoms with Crippen LogP contribution in [0, 0.1) is 5.92 Å². The van der Waals surface area contributed by atoms with E-state index in [9.17, 15) is 13.2 Å². The Morgan fingerprint density at radius 2 is 2.20 bits per heavy atom. The number of ether oxygens (including phenoxy) is 2. The van der Waals surface area contributed by atoms with Crippen LogP contribution in [0.25, 0.3) is 0 Å². The number of methoxy groups -OCH3 is 1. The van der Waals surface area contributed by atoms with E-state index in [0.717, 1.165) is 19.1 Å². The van der Waals surface area contributed by atoms with Crippen LogP contribution in [0.15, 0.2) is 24.3 Å². The number of carbonyl (C=O) groups excluding carboxylic acids is 1. The molecule has 2 aliphatic rings. The molecular formula is C17H24N2O5S. The zero-order chi connectivity index (χ0) is 18.1. The first-order chi connectivity index (χ1) is 11.8. The summed E-state index contributed by atoms with van der Waals surface area (Å²) in [6.07, 6.45) is 2.89. The molecule has 0 aliphatic carbocycles. The molecule has 0 bridgehead atoms. The molecule has 1 aromatic rings. The van der Waals surface area contributed by atoms with Gasteiger partial charge in [-0.25, -0.2) is 13.1 Å². The second kappa shape index (κ2) is 6.93. The highest BCUT2D eigenvalue weighted by molar-refractivity contribution is 7.88. The molecule has 7 nitrogen and oxygen atoms in total. The summed E-state index contributed by atoms with van der Waals surface area (Å²) < 4.78 is 36.0. The zero-order valence-corrected chi connectivity index (χ0v) is 15.3. The van der Waals surface area contributed by atoms with E-state index in [1.54, 1.807) is 30.2 Å². The smallest absolute Gasteiger partial charge is 0.254 e. The normalized spacial score (nSPS) is 22.5. The Hall–Kier alpha value is -1.64. The minimum absolute atomic E-state index is 0.0195. The molecule has 138 valence electrons. The lowest BCUT2D eigenvalue weighted by Crippen LogP contribution is -2.66. The fraction of sp³-hybridized carbons (Fsp3) is 0.588. The van der Waals surface area contributed by atoms with E-state index in [2.05, 4.69) is 4.72 Å².